The molecule has 0 spiro atoms. The van der Waals surface area contributed by atoms with Crippen LogP contribution in [0.5, 0.6) is 0 Å². The number of thioether (sulfide) groups is 1. The van der Waals surface area contributed by atoms with Gasteiger partial charge in [0.1, 0.15) is 0 Å². The molecule has 1 fully saturated rings. The molecule has 1 aliphatic heterocycles. The second kappa shape index (κ2) is 8.18. The predicted octanol–water partition coefficient (Wildman–Crippen LogP) is 2.30. The van der Waals surface area contributed by atoms with Crippen molar-refractivity contribution < 1.29 is 4.79 Å². The second-order valence-corrected chi connectivity index (χ2v) is 8.16. The summed E-state index contributed by atoms with van der Waals surface area (Å²) in [5, 5.41) is 8.72. The van der Waals surface area contributed by atoms with Crippen LogP contribution in [0.2, 0.25) is 0 Å². The molecule has 28 heavy (non-hydrogen) atoms. The zero-order valence-corrected chi connectivity index (χ0v) is 16.6. The Morgan fingerprint density at radius 1 is 1.21 bits per heavy atom. The van der Waals surface area contributed by atoms with Crippen molar-refractivity contribution in [3.8, 4) is 0 Å². The number of H-pyrrole nitrogens is 1. The number of hydrogen-bond acceptors (Lipinski definition) is 5. The van der Waals surface area contributed by atoms with Gasteiger partial charge in [0.25, 0.3) is 5.56 Å². The van der Waals surface area contributed by atoms with Crippen LogP contribution in [0.3, 0.4) is 0 Å². The van der Waals surface area contributed by atoms with Crippen molar-refractivity contribution in [2.24, 2.45) is 5.92 Å². The monoisotopic (exact) mass is 397 g/mol. The number of aryl methyl sites for hydroxylation is 1. The Kier molecular flexibility index (Phi) is 5.47. The van der Waals surface area contributed by atoms with E-state index in [9.17, 15) is 9.59 Å². The molecule has 0 radical (unpaired) electrons. The van der Waals surface area contributed by atoms with E-state index in [1.165, 1.54) is 23.4 Å². The third-order valence-corrected chi connectivity index (χ3v) is 6.13. The van der Waals surface area contributed by atoms with Crippen molar-refractivity contribution in [3.63, 3.8) is 0 Å². The Bertz CT molecular complexity index is 1020. The average Bonchev–Trinajstić information content (AvgIpc) is 3.10. The van der Waals surface area contributed by atoms with Crippen molar-refractivity contribution in [3.05, 3.63) is 58.0 Å². The number of fused-ring (bicyclic) bond motifs is 1. The van der Waals surface area contributed by atoms with E-state index in [1.54, 1.807) is 4.40 Å². The number of rotatable bonds is 5. The fourth-order valence-corrected chi connectivity index (χ4v) is 4.61. The molecule has 3 aromatic rings. The van der Waals surface area contributed by atoms with Gasteiger partial charge >= 0.3 is 0 Å². The first-order chi connectivity index (χ1) is 13.6. The summed E-state index contributed by atoms with van der Waals surface area (Å²) < 4.78 is 1.77. The number of hydrogen-bond donors (Lipinski definition) is 1. The predicted molar refractivity (Wildman–Crippen MR) is 109 cm³/mol. The van der Waals surface area contributed by atoms with Gasteiger partial charge in [-0.05, 0) is 37.7 Å². The number of aromatic amines is 1. The van der Waals surface area contributed by atoms with Gasteiger partial charge in [-0.2, -0.15) is 0 Å². The van der Waals surface area contributed by atoms with Gasteiger partial charge in [-0.1, -0.05) is 42.1 Å². The van der Waals surface area contributed by atoms with Crippen LogP contribution in [0.4, 0.5) is 0 Å². The van der Waals surface area contributed by atoms with Crippen molar-refractivity contribution in [2.45, 2.75) is 31.3 Å². The number of nitrogens with one attached hydrogen (secondary N) is 1. The highest BCUT2D eigenvalue weighted by Crippen LogP contribution is 2.23. The molecule has 1 N–H and O–H groups in total. The van der Waals surface area contributed by atoms with E-state index >= 15 is 0 Å². The summed E-state index contributed by atoms with van der Waals surface area (Å²) in [6.07, 6.45) is 3.17. The Morgan fingerprint density at radius 2 is 1.96 bits per heavy atom. The second-order valence-electron chi connectivity index (χ2n) is 7.22. The first kappa shape index (κ1) is 18.7. The third-order valence-electron chi connectivity index (χ3n) is 5.22. The maximum atomic E-state index is 12.6. The summed E-state index contributed by atoms with van der Waals surface area (Å²) >= 11 is 1.36. The van der Waals surface area contributed by atoms with Crippen molar-refractivity contribution in [1.82, 2.24) is 24.5 Å². The van der Waals surface area contributed by atoms with Crippen LogP contribution in [-0.4, -0.2) is 49.2 Å². The van der Waals surface area contributed by atoms with Gasteiger partial charge in [0.15, 0.2) is 5.16 Å². The number of carbonyl (C=O) groups is 1. The molecule has 1 aliphatic rings. The minimum atomic E-state index is -0.205. The van der Waals surface area contributed by atoms with E-state index in [-0.39, 0.29) is 11.5 Å². The average molecular weight is 398 g/mol. The lowest BCUT2D eigenvalue weighted by Crippen LogP contribution is -2.39. The number of likely N-dealkylation sites (tertiary alicyclic amines) is 1. The molecule has 0 bridgehead atoms. The molecule has 1 amide bonds. The summed E-state index contributed by atoms with van der Waals surface area (Å²) in [5.41, 5.74) is 1.92. The maximum absolute atomic E-state index is 12.6. The number of piperidine rings is 1. The minimum absolute atomic E-state index is 0.127. The number of nitrogens with zero attached hydrogens (tertiary/aromatic N) is 4. The molecule has 3 heterocycles. The van der Waals surface area contributed by atoms with Crippen LogP contribution in [0.1, 0.15) is 24.1 Å². The lowest BCUT2D eigenvalue weighted by molar-refractivity contribution is -0.129. The zero-order chi connectivity index (χ0) is 19.5. The first-order valence-corrected chi connectivity index (χ1v) is 10.5. The Balaban J connectivity index is 1.31. The van der Waals surface area contributed by atoms with Crippen molar-refractivity contribution in [1.29, 1.82) is 0 Å². The molecule has 0 saturated carbocycles. The lowest BCUT2D eigenvalue weighted by Gasteiger charge is -2.32. The summed E-state index contributed by atoms with van der Waals surface area (Å²) in [7, 11) is 0. The molecule has 1 saturated heterocycles. The summed E-state index contributed by atoms with van der Waals surface area (Å²) in [4.78, 5) is 28.7. The molecular formula is C20H23N5O2S. The van der Waals surface area contributed by atoms with Crippen molar-refractivity contribution >= 4 is 23.4 Å². The van der Waals surface area contributed by atoms with E-state index < -0.39 is 0 Å². The molecule has 0 unspecified atom stereocenters. The number of aromatic nitrogens is 4. The van der Waals surface area contributed by atoms with E-state index in [2.05, 4.69) is 39.4 Å². The van der Waals surface area contributed by atoms with Crippen molar-refractivity contribution in [2.75, 3.05) is 18.8 Å². The zero-order valence-electron chi connectivity index (χ0n) is 15.8. The maximum Gasteiger partial charge on any atom is 0.252 e. The lowest BCUT2D eigenvalue weighted by atomic mass is 9.90. The van der Waals surface area contributed by atoms with Gasteiger partial charge in [0.05, 0.1) is 5.75 Å². The highest BCUT2D eigenvalue weighted by Gasteiger charge is 2.23. The Morgan fingerprint density at radius 3 is 2.71 bits per heavy atom. The molecule has 146 valence electrons. The molecule has 0 atom stereocenters. The molecule has 0 aliphatic carbocycles. The van der Waals surface area contributed by atoms with Crippen LogP contribution in [-0.2, 0) is 11.2 Å². The molecule has 7 nitrogen and oxygen atoms in total. The Hall–Kier alpha value is -2.61. The first-order valence-electron chi connectivity index (χ1n) is 9.50. The fourth-order valence-electron chi connectivity index (χ4n) is 3.71. The van der Waals surface area contributed by atoms with Crippen LogP contribution >= 0.6 is 11.8 Å². The van der Waals surface area contributed by atoms with Gasteiger partial charge in [0.2, 0.25) is 11.7 Å². The standard InChI is InChI=1S/C20H23N5O2S/c1-14-11-17(26)21-19-22-23-20(25(14)19)28-13-18(27)24-9-7-16(8-10-24)12-15-5-3-2-4-6-15/h2-6,11,16H,7-10,12-13H2,1H3,(H,21,22,26). The van der Waals surface area contributed by atoms with E-state index in [1.807, 2.05) is 17.9 Å². The Labute approximate surface area is 167 Å². The van der Waals surface area contributed by atoms with E-state index in [0.717, 1.165) is 38.0 Å². The fraction of sp³-hybridized carbons (Fsp3) is 0.400. The molecule has 2 aromatic heterocycles. The highest BCUT2D eigenvalue weighted by atomic mass is 32.2. The van der Waals surface area contributed by atoms with Gasteiger partial charge in [0, 0.05) is 24.8 Å². The smallest absolute Gasteiger partial charge is 0.252 e. The highest BCUT2D eigenvalue weighted by molar-refractivity contribution is 7.99. The van der Waals surface area contributed by atoms with E-state index in [4.69, 9.17) is 0 Å². The summed E-state index contributed by atoms with van der Waals surface area (Å²) in [6, 6.07) is 12.0. The minimum Gasteiger partial charge on any atom is -0.342 e. The van der Waals surface area contributed by atoms with E-state index in [0.29, 0.717) is 22.6 Å². The number of benzene rings is 1. The number of carbonyl (C=O) groups excluding carboxylic acids is 1. The van der Waals surface area contributed by atoms with Gasteiger partial charge in [-0.15, -0.1) is 10.2 Å². The van der Waals surface area contributed by atoms with Gasteiger partial charge in [-0.25, -0.2) is 0 Å². The van der Waals surface area contributed by atoms with Crippen LogP contribution in [0.25, 0.3) is 5.78 Å². The largest absolute Gasteiger partial charge is 0.342 e. The van der Waals surface area contributed by atoms with Crippen LogP contribution < -0.4 is 5.56 Å². The third kappa shape index (κ3) is 4.11. The topological polar surface area (TPSA) is 83.4 Å². The van der Waals surface area contributed by atoms with Crippen LogP contribution in [0, 0.1) is 12.8 Å². The van der Waals surface area contributed by atoms with Crippen LogP contribution in [0.15, 0.2) is 46.3 Å². The van der Waals surface area contributed by atoms with Gasteiger partial charge < -0.3 is 4.90 Å². The summed E-state index contributed by atoms with van der Waals surface area (Å²) in [5.74, 6) is 1.49. The molecule has 4 rings (SSSR count). The SMILES string of the molecule is Cc1cc(=O)[nH]c2nnc(SCC(=O)N3CCC(Cc4ccccc4)CC3)n12. The quantitative estimate of drug-likeness (QED) is 0.668. The summed E-state index contributed by atoms with van der Waals surface area (Å²) in [6.45, 7) is 3.45. The van der Waals surface area contributed by atoms with Gasteiger partial charge in [-0.3, -0.25) is 19.0 Å². The molecular weight excluding hydrogens is 374 g/mol. The molecule has 8 heteroatoms. The molecule has 1 aromatic carbocycles. The number of amides is 1. The normalized spacial score (nSPS) is 15.2.